The molecule has 8 heteroatoms. The van der Waals surface area contributed by atoms with Crippen LogP contribution in [0.4, 0.5) is 18.9 Å². The van der Waals surface area contributed by atoms with Crippen molar-refractivity contribution in [2.24, 2.45) is 5.92 Å². The second-order valence-corrected chi connectivity index (χ2v) is 6.05. The number of nitrogens with zero attached hydrogens (tertiary/aromatic N) is 1. The summed E-state index contributed by atoms with van der Waals surface area (Å²) in [6, 6.07) is 2.82. The molecule has 1 fully saturated rings. The lowest BCUT2D eigenvalue weighted by Crippen LogP contribution is -2.39. The van der Waals surface area contributed by atoms with Crippen molar-refractivity contribution in [3.63, 3.8) is 0 Å². The van der Waals surface area contributed by atoms with Gasteiger partial charge in [0, 0.05) is 6.61 Å². The van der Waals surface area contributed by atoms with Crippen molar-refractivity contribution in [2.45, 2.75) is 19.0 Å². The fourth-order valence-corrected chi connectivity index (χ4v) is 2.68. The Kier molecular flexibility index (Phi) is 5.89. The quantitative estimate of drug-likeness (QED) is 0.877. The zero-order valence-corrected chi connectivity index (χ0v) is 13.1. The number of alkyl halides is 3. The first kappa shape index (κ1) is 18.0. The number of anilines is 1. The van der Waals surface area contributed by atoms with Crippen LogP contribution in [-0.2, 0) is 11.0 Å². The number of piperidine rings is 1. The molecule has 0 aromatic heterocycles. The molecule has 128 valence electrons. The van der Waals surface area contributed by atoms with E-state index in [0.717, 1.165) is 31.0 Å². The van der Waals surface area contributed by atoms with Gasteiger partial charge in [0.15, 0.2) is 0 Å². The van der Waals surface area contributed by atoms with E-state index < -0.39 is 17.6 Å². The Morgan fingerprint density at radius 3 is 2.57 bits per heavy atom. The van der Waals surface area contributed by atoms with Gasteiger partial charge in [0.05, 0.1) is 22.8 Å². The second kappa shape index (κ2) is 7.51. The number of hydrogen-bond donors (Lipinski definition) is 2. The van der Waals surface area contributed by atoms with Crippen molar-refractivity contribution in [1.29, 1.82) is 0 Å². The molecule has 1 saturated heterocycles. The van der Waals surface area contributed by atoms with Gasteiger partial charge in [0.2, 0.25) is 5.91 Å². The van der Waals surface area contributed by atoms with Crippen LogP contribution in [0.1, 0.15) is 18.4 Å². The van der Waals surface area contributed by atoms with Crippen LogP contribution in [0.3, 0.4) is 0 Å². The maximum atomic E-state index is 12.7. The van der Waals surface area contributed by atoms with Crippen LogP contribution in [-0.4, -0.2) is 42.2 Å². The summed E-state index contributed by atoms with van der Waals surface area (Å²) in [6.07, 6.45) is -2.89. The summed E-state index contributed by atoms with van der Waals surface area (Å²) < 4.78 is 38.1. The van der Waals surface area contributed by atoms with E-state index in [1.54, 1.807) is 0 Å². The van der Waals surface area contributed by atoms with Crippen LogP contribution < -0.4 is 5.32 Å². The van der Waals surface area contributed by atoms with Crippen molar-refractivity contribution in [3.05, 3.63) is 28.8 Å². The summed E-state index contributed by atoms with van der Waals surface area (Å²) in [4.78, 5) is 13.9. The molecular formula is C15H18ClF3N2O2. The third-order valence-corrected chi connectivity index (χ3v) is 4.23. The monoisotopic (exact) mass is 350 g/mol. The van der Waals surface area contributed by atoms with E-state index in [9.17, 15) is 18.0 Å². The molecule has 0 atom stereocenters. The largest absolute Gasteiger partial charge is 0.416 e. The van der Waals surface area contributed by atoms with Crippen molar-refractivity contribution in [3.8, 4) is 0 Å². The summed E-state index contributed by atoms with van der Waals surface area (Å²) >= 11 is 5.85. The van der Waals surface area contributed by atoms with E-state index in [1.807, 2.05) is 4.90 Å². The maximum Gasteiger partial charge on any atom is 0.416 e. The zero-order chi connectivity index (χ0) is 17.0. The molecule has 0 aliphatic carbocycles. The minimum absolute atomic E-state index is 0.0447. The van der Waals surface area contributed by atoms with Gasteiger partial charge in [-0.1, -0.05) is 11.6 Å². The van der Waals surface area contributed by atoms with Crippen molar-refractivity contribution in [1.82, 2.24) is 4.90 Å². The van der Waals surface area contributed by atoms with Crippen LogP contribution in [0.5, 0.6) is 0 Å². The van der Waals surface area contributed by atoms with E-state index >= 15 is 0 Å². The average molecular weight is 351 g/mol. The van der Waals surface area contributed by atoms with Gasteiger partial charge < -0.3 is 10.4 Å². The molecule has 4 nitrogen and oxygen atoms in total. The Hall–Kier alpha value is -1.31. The molecule has 0 radical (unpaired) electrons. The molecule has 23 heavy (non-hydrogen) atoms. The van der Waals surface area contributed by atoms with Gasteiger partial charge >= 0.3 is 6.18 Å². The highest BCUT2D eigenvalue weighted by Crippen LogP contribution is 2.33. The first-order chi connectivity index (χ1) is 10.8. The highest BCUT2D eigenvalue weighted by molar-refractivity contribution is 6.33. The SMILES string of the molecule is O=C(CN1CCC(CO)CC1)Nc1cc(C(F)(F)F)ccc1Cl. The molecule has 2 N–H and O–H groups in total. The van der Waals surface area contributed by atoms with E-state index in [0.29, 0.717) is 13.1 Å². The number of nitrogens with one attached hydrogen (secondary N) is 1. The first-order valence-corrected chi connectivity index (χ1v) is 7.67. The van der Waals surface area contributed by atoms with Gasteiger partial charge in [-0.3, -0.25) is 9.69 Å². The smallest absolute Gasteiger partial charge is 0.396 e. The summed E-state index contributed by atoms with van der Waals surface area (Å²) in [6.45, 7) is 1.58. The maximum absolute atomic E-state index is 12.7. The van der Waals surface area contributed by atoms with Gasteiger partial charge in [0.1, 0.15) is 0 Å². The van der Waals surface area contributed by atoms with E-state index in [4.69, 9.17) is 16.7 Å². The van der Waals surface area contributed by atoms with Gasteiger partial charge in [0.25, 0.3) is 0 Å². The van der Waals surface area contributed by atoms with Crippen molar-refractivity contribution < 1.29 is 23.1 Å². The lowest BCUT2D eigenvalue weighted by molar-refractivity contribution is -0.137. The molecule has 0 bridgehead atoms. The normalized spacial score (nSPS) is 17.3. The van der Waals surface area contributed by atoms with Crippen LogP contribution in [0.15, 0.2) is 18.2 Å². The minimum atomic E-state index is -4.49. The molecule has 1 heterocycles. The first-order valence-electron chi connectivity index (χ1n) is 7.29. The van der Waals surface area contributed by atoms with Gasteiger partial charge in [-0.2, -0.15) is 13.2 Å². The predicted molar refractivity (Wildman–Crippen MR) is 81.3 cm³/mol. The van der Waals surface area contributed by atoms with Crippen molar-refractivity contribution in [2.75, 3.05) is 31.6 Å². The fourth-order valence-electron chi connectivity index (χ4n) is 2.52. The van der Waals surface area contributed by atoms with Crippen molar-refractivity contribution >= 4 is 23.2 Å². The number of likely N-dealkylation sites (tertiary alicyclic amines) is 1. The number of rotatable bonds is 4. The van der Waals surface area contributed by atoms with E-state index in [-0.39, 0.29) is 29.8 Å². The Labute approximate surface area is 137 Å². The Morgan fingerprint density at radius 1 is 1.35 bits per heavy atom. The molecule has 2 rings (SSSR count). The topological polar surface area (TPSA) is 52.6 Å². The summed E-state index contributed by atoms with van der Waals surface area (Å²) in [5.74, 6) is -0.152. The van der Waals surface area contributed by atoms with Crippen LogP contribution in [0.2, 0.25) is 5.02 Å². The summed E-state index contributed by atoms with van der Waals surface area (Å²) in [7, 11) is 0. The number of aliphatic hydroxyl groups excluding tert-OH is 1. The van der Waals surface area contributed by atoms with Gasteiger partial charge in [-0.15, -0.1) is 0 Å². The van der Waals surface area contributed by atoms with E-state index in [2.05, 4.69) is 5.32 Å². The van der Waals surface area contributed by atoms with E-state index in [1.165, 1.54) is 0 Å². The molecule has 1 aliphatic heterocycles. The number of halogens is 4. The number of aliphatic hydroxyl groups is 1. The number of benzene rings is 1. The number of hydrogen-bond acceptors (Lipinski definition) is 3. The molecule has 1 aliphatic rings. The summed E-state index contributed by atoms with van der Waals surface area (Å²) in [5, 5.41) is 11.6. The Balaban J connectivity index is 1.95. The zero-order valence-electron chi connectivity index (χ0n) is 12.4. The van der Waals surface area contributed by atoms with Gasteiger partial charge in [-0.05, 0) is 50.0 Å². The average Bonchev–Trinajstić information content (AvgIpc) is 2.49. The van der Waals surface area contributed by atoms with Crippen LogP contribution >= 0.6 is 11.6 Å². The Morgan fingerprint density at radius 2 is 2.00 bits per heavy atom. The van der Waals surface area contributed by atoms with Crippen LogP contribution in [0, 0.1) is 5.92 Å². The molecule has 1 aromatic carbocycles. The van der Waals surface area contributed by atoms with Gasteiger partial charge in [-0.25, -0.2) is 0 Å². The number of carbonyl (C=O) groups excluding carboxylic acids is 1. The number of carbonyl (C=O) groups is 1. The summed E-state index contributed by atoms with van der Waals surface area (Å²) in [5.41, 5.74) is -0.905. The minimum Gasteiger partial charge on any atom is -0.396 e. The lowest BCUT2D eigenvalue weighted by Gasteiger charge is -2.30. The molecule has 1 aromatic rings. The lowest BCUT2D eigenvalue weighted by atomic mass is 9.98. The molecular weight excluding hydrogens is 333 g/mol. The second-order valence-electron chi connectivity index (χ2n) is 5.64. The van der Waals surface area contributed by atoms with Crippen LogP contribution in [0.25, 0.3) is 0 Å². The molecule has 0 saturated carbocycles. The highest BCUT2D eigenvalue weighted by Gasteiger charge is 2.31. The predicted octanol–water partition coefficient (Wildman–Crippen LogP) is 3.00. The third kappa shape index (κ3) is 5.09. The highest BCUT2D eigenvalue weighted by atomic mass is 35.5. The Bertz CT molecular complexity index is 558. The number of amides is 1. The standard InChI is InChI=1S/C15H18ClF3N2O2/c16-12-2-1-11(15(17,18)19)7-13(12)20-14(23)8-21-5-3-10(9-22)4-6-21/h1-2,7,10,22H,3-6,8-9H2,(H,20,23). The fraction of sp³-hybridized carbons (Fsp3) is 0.533. The third-order valence-electron chi connectivity index (χ3n) is 3.90. The molecule has 1 amide bonds. The molecule has 0 spiro atoms. The molecule has 0 unspecified atom stereocenters.